The van der Waals surface area contributed by atoms with Crippen molar-refractivity contribution in [1.29, 1.82) is 0 Å². The number of hydrogen-bond donors (Lipinski definition) is 0. The Morgan fingerprint density at radius 2 is 2.08 bits per heavy atom. The number of carbonyl (C=O) groups is 1. The Bertz CT molecular complexity index is 284. The molecule has 3 heteroatoms. The molecule has 0 aliphatic heterocycles. The van der Waals surface area contributed by atoms with Gasteiger partial charge in [-0.3, -0.25) is 0 Å². The Hall–Kier alpha value is 0.350. The Morgan fingerprint density at radius 1 is 1.33 bits per heavy atom. The van der Waals surface area contributed by atoms with Gasteiger partial charge < -0.3 is 4.79 Å². The molecule has 0 spiro atoms. The van der Waals surface area contributed by atoms with E-state index in [-0.39, 0.29) is 0 Å². The molecule has 0 atom stereocenters. The first kappa shape index (κ1) is 10.4. The Morgan fingerprint density at radius 3 is 2.67 bits per heavy atom. The third kappa shape index (κ3) is 3.01. The van der Waals surface area contributed by atoms with Gasteiger partial charge in [-0.25, -0.2) is 0 Å². The number of aryl methyl sites for hydroxylation is 1. The normalized spacial score (nSPS) is 9.83. The molecule has 1 aromatic carbocycles. The standard InChI is InChI=1S/C9H8I2O/c10-8-4-3-7(2-1-5-12)9(11)6-8/h3-6H,1-2H2. The average Bonchev–Trinajstić information content (AvgIpc) is 2.03. The fourth-order valence-electron chi connectivity index (χ4n) is 0.939. The van der Waals surface area contributed by atoms with E-state index in [0.29, 0.717) is 6.42 Å². The first-order chi connectivity index (χ1) is 5.74. The van der Waals surface area contributed by atoms with Crippen molar-refractivity contribution in [3.8, 4) is 0 Å². The highest BCUT2D eigenvalue weighted by Gasteiger charge is 1.98. The molecule has 0 aromatic heterocycles. The molecule has 12 heavy (non-hydrogen) atoms. The van der Waals surface area contributed by atoms with Gasteiger partial charge in [0.15, 0.2) is 0 Å². The molecule has 0 saturated carbocycles. The highest BCUT2D eigenvalue weighted by atomic mass is 127. The minimum atomic E-state index is 0.622. The highest BCUT2D eigenvalue weighted by Crippen LogP contribution is 2.16. The highest BCUT2D eigenvalue weighted by molar-refractivity contribution is 14.1. The largest absolute Gasteiger partial charge is 0.303 e. The van der Waals surface area contributed by atoms with Crippen LogP contribution in [-0.2, 0) is 11.2 Å². The molecule has 0 heterocycles. The second kappa shape index (κ2) is 5.16. The summed E-state index contributed by atoms with van der Waals surface area (Å²) in [7, 11) is 0. The molecule has 0 bridgehead atoms. The van der Waals surface area contributed by atoms with E-state index in [1.165, 1.54) is 12.7 Å². The third-order valence-electron chi connectivity index (χ3n) is 1.55. The summed E-state index contributed by atoms with van der Waals surface area (Å²) in [5.41, 5.74) is 1.27. The van der Waals surface area contributed by atoms with Crippen LogP contribution in [0, 0.1) is 7.14 Å². The van der Waals surface area contributed by atoms with Gasteiger partial charge in [0.05, 0.1) is 0 Å². The lowest BCUT2D eigenvalue weighted by atomic mass is 10.1. The van der Waals surface area contributed by atoms with Crippen LogP contribution in [-0.4, -0.2) is 6.29 Å². The Labute approximate surface area is 99.2 Å². The van der Waals surface area contributed by atoms with Crippen molar-refractivity contribution in [1.82, 2.24) is 0 Å². The maximum Gasteiger partial charge on any atom is 0.120 e. The second-order valence-corrected chi connectivity index (χ2v) is 4.85. The van der Waals surface area contributed by atoms with Gasteiger partial charge >= 0.3 is 0 Å². The van der Waals surface area contributed by atoms with E-state index in [9.17, 15) is 4.79 Å². The van der Waals surface area contributed by atoms with E-state index in [1.54, 1.807) is 0 Å². The van der Waals surface area contributed by atoms with Crippen molar-refractivity contribution in [3.05, 3.63) is 30.9 Å². The Kier molecular flexibility index (Phi) is 4.49. The van der Waals surface area contributed by atoms with Gasteiger partial charge in [0.1, 0.15) is 6.29 Å². The fraction of sp³-hybridized carbons (Fsp3) is 0.222. The van der Waals surface area contributed by atoms with E-state index in [0.717, 1.165) is 12.7 Å². The number of halogens is 2. The SMILES string of the molecule is O=CCCc1ccc(I)cc1I. The average molecular weight is 386 g/mol. The summed E-state index contributed by atoms with van der Waals surface area (Å²) in [6, 6.07) is 6.29. The van der Waals surface area contributed by atoms with E-state index < -0.39 is 0 Å². The summed E-state index contributed by atoms with van der Waals surface area (Å²) in [6.45, 7) is 0. The number of aldehydes is 1. The summed E-state index contributed by atoms with van der Waals surface area (Å²) in [5, 5.41) is 0. The van der Waals surface area contributed by atoms with Gasteiger partial charge in [0.25, 0.3) is 0 Å². The van der Waals surface area contributed by atoms with Crippen LogP contribution in [0.3, 0.4) is 0 Å². The predicted octanol–water partition coefficient (Wildman–Crippen LogP) is 3.03. The monoisotopic (exact) mass is 386 g/mol. The van der Waals surface area contributed by atoms with Crippen LogP contribution in [0.2, 0.25) is 0 Å². The zero-order chi connectivity index (χ0) is 8.97. The third-order valence-corrected chi connectivity index (χ3v) is 3.22. The summed E-state index contributed by atoms with van der Waals surface area (Å²) < 4.78 is 2.49. The molecule has 0 N–H and O–H groups in total. The Balaban J connectivity index is 2.78. The first-order valence-electron chi connectivity index (χ1n) is 3.61. The molecule has 1 rings (SSSR count). The van der Waals surface area contributed by atoms with E-state index in [2.05, 4.69) is 63.4 Å². The summed E-state index contributed by atoms with van der Waals surface area (Å²) >= 11 is 4.59. The van der Waals surface area contributed by atoms with E-state index in [1.807, 2.05) is 0 Å². The molecule has 1 aromatic rings. The number of hydrogen-bond acceptors (Lipinski definition) is 1. The van der Waals surface area contributed by atoms with Gasteiger partial charge in [0.2, 0.25) is 0 Å². The van der Waals surface area contributed by atoms with Crippen LogP contribution >= 0.6 is 45.2 Å². The smallest absolute Gasteiger partial charge is 0.120 e. The van der Waals surface area contributed by atoms with E-state index >= 15 is 0 Å². The van der Waals surface area contributed by atoms with Gasteiger partial charge in [0, 0.05) is 13.6 Å². The van der Waals surface area contributed by atoms with Crippen molar-refractivity contribution in [2.45, 2.75) is 12.8 Å². The molecular formula is C9H8I2O. The zero-order valence-electron chi connectivity index (χ0n) is 6.39. The van der Waals surface area contributed by atoms with Gasteiger partial charge in [-0.05, 0) is 69.3 Å². The quantitative estimate of drug-likeness (QED) is 0.577. The fourth-order valence-corrected chi connectivity index (χ4v) is 2.81. The molecule has 0 unspecified atom stereocenters. The van der Waals surface area contributed by atoms with Crippen molar-refractivity contribution in [2.24, 2.45) is 0 Å². The molecule has 0 saturated heterocycles. The zero-order valence-corrected chi connectivity index (χ0v) is 10.7. The van der Waals surface area contributed by atoms with Crippen molar-refractivity contribution < 1.29 is 4.79 Å². The molecule has 0 radical (unpaired) electrons. The maximum absolute atomic E-state index is 10.2. The molecule has 0 aliphatic rings. The molecule has 0 fully saturated rings. The lowest BCUT2D eigenvalue weighted by molar-refractivity contribution is -0.107. The second-order valence-electron chi connectivity index (χ2n) is 2.44. The van der Waals surface area contributed by atoms with Crippen LogP contribution in [0.25, 0.3) is 0 Å². The van der Waals surface area contributed by atoms with Crippen LogP contribution in [0.1, 0.15) is 12.0 Å². The molecule has 64 valence electrons. The van der Waals surface area contributed by atoms with Gasteiger partial charge in [-0.2, -0.15) is 0 Å². The topological polar surface area (TPSA) is 17.1 Å². The minimum Gasteiger partial charge on any atom is -0.303 e. The summed E-state index contributed by atoms with van der Waals surface area (Å²) in [6.07, 6.45) is 2.45. The molecular weight excluding hydrogens is 378 g/mol. The minimum absolute atomic E-state index is 0.622. The maximum atomic E-state index is 10.2. The van der Waals surface area contributed by atoms with Crippen LogP contribution < -0.4 is 0 Å². The van der Waals surface area contributed by atoms with Crippen molar-refractivity contribution >= 4 is 51.5 Å². The lowest BCUT2D eigenvalue weighted by Crippen LogP contribution is -1.90. The number of carbonyl (C=O) groups excluding carboxylic acids is 1. The lowest BCUT2D eigenvalue weighted by Gasteiger charge is -2.01. The number of benzene rings is 1. The van der Waals surface area contributed by atoms with E-state index in [4.69, 9.17) is 0 Å². The molecule has 0 amide bonds. The summed E-state index contributed by atoms with van der Waals surface area (Å²) in [4.78, 5) is 10.2. The number of rotatable bonds is 3. The van der Waals surface area contributed by atoms with Crippen molar-refractivity contribution in [2.75, 3.05) is 0 Å². The molecule has 0 aliphatic carbocycles. The van der Waals surface area contributed by atoms with Crippen LogP contribution in [0.15, 0.2) is 18.2 Å². The van der Waals surface area contributed by atoms with Crippen LogP contribution in [0.4, 0.5) is 0 Å². The van der Waals surface area contributed by atoms with Gasteiger partial charge in [-0.1, -0.05) is 6.07 Å². The van der Waals surface area contributed by atoms with Crippen molar-refractivity contribution in [3.63, 3.8) is 0 Å². The first-order valence-corrected chi connectivity index (χ1v) is 5.77. The van der Waals surface area contributed by atoms with Crippen LogP contribution in [0.5, 0.6) is 0 Å². The summed E-state index contributed by atoms with van der Waals surface area (Å²) in [5.74, 6) is 0. The van der Waals surface area contributed by atoms with Gasteiger partial charge in [-0.15, -0.1) is 0 Å². The molecule has 1 nitrogen and oxygen atoms in total. The predicted molar refractivity (Wildman–Crippen MR) is 66.3 cm³/mol.